The number of methoxy groups -OCH3 is 2. The molecule has 4 aromatic carbocycles. The number of nitrogens with one attached hydrogen (secondary N) is 2. The van der Waals surface area contributed by atoms with Crippen molar-refractivity contribution in [2.24, 2.45) is 0 Å². The van der Waals surface area contributed by atoms with Crippen LogP contribution in [0.15, 0.2) is 107 Å². The number of carbonyl (C=O) groups excluding carboxylic acids is 2. The Hall–Kier alpha value is -4.81. The van der Waals surface area contributed by atoms with Crippen LogP contribution in [0, 0.1) is 0 Å². The lowest BCUT2D eigenvalue weighted by Gasteiger charge is -2.37. The molecule has 14 nitrogen and oxygen atoms in total. The van der Waals surface area contributed by atoms with Gasteiger partial charge in [-0.05, 0) is 47.5 Å². The van der Waals surface area contributed by atoms with Crippen LogP contribution in [0.4, 0.5) is 11.4 Å². The predicted molar refractivity (Wildman–Crippen MR) is 199 cm³/mol. The summed E-state index contributed by atoms with van der Waals surface area (Å²) in [5.41, 5.74) is 1.17. The van der Waals surface area contributed by atoms with E-state index in [9.17, 15) is 34.8 Å². The summed E-state index contributed by atoms with van der Waals surface area (Å²) in [6, 6.07) is 21.9. The van der Waals surface area contributed by atoms with E-state index < -0.39 is 65.3 Å². The predicted octanol–water partition coefficient (Wildman–Crippen LogP) is 3.87. The first kappa shape index (κ1) is 39.4. The maximum atomic E-state index is 14.8. The number of benzene rings is 4. The molecule has 1 aliphatic rings. The van der Waals surface area contributed by atoms with Gasteiger partial charge in [-0.15, -0.1) is 0 Å². The van der Waals surface area contributed by atoms with Gasteiger partial charge in [0, 0.05) is 26.9 Å². The van der Waals surface area contributed by atoms with Crippen LogP contribution in [0.25, 0.3) is 0 Å². The molecule has 2 amide bonds. The third-order valence-corrected chi connectivity index (χ3v) is 14.0. The Balaban J connectivity index is 1.71. The average Bonchev–Trinajstić information content (AvgIpc) is 3.43. The first-order valence-corrected chi connectivity index (χ1v) is 21.0. The van der Waals surface area contributed by atoms with Crippen LogP contribution in [0.2, 0.25) is 0 Å². The van der Waals surface area contributed by atoms with Crippen molar-refractivity contribution in [2.75, 3.05) is 36.4 Å². The van der Waals surface area contributed by atoms with Gasteiger partial charge in [-0.2, -0.15) is 8.61 Å². The molecule has 17 heteroatoms. The Labute approximate surface area is 309 Å². The average molecular weight is 785 g/mol. The van der Waals surface area contributed by atoms with E-state index in [1.165, 1.54) is 64.5 Å². The summed E-state index contributed by atoms with van der Waals surface area (Å²) in [4.78, 5) is 23.4. The summed E-state index contributed by atoms with van der Waals surface area (Å²) in [6.07, 6.45) is 0. The van der Waals surface area contributed by atoms with E-state index in [0.717, 1.165) is 8.61 Å². The van der Waals surface area contributed by atoms with E-state index in [2.05, 4.69) is 10.6 Å². The minimum Gasteiger partial charge on any atom is -0.495 e. The van der Waals surface area contributed by atoms with Crippen molar-refractivity contribution in [2.45, 2.75) is 48.8 Å². The van der Waals surface area contributed by atoms with Gasteiger partial charge >= 0.3 is 0 Å². The lowest BCUT2D eigenvalue weighted by molar-refractivity contribution is -0.115. The molecule has 0 radical (unpaired) electrons. The van der Waals surface area contributed by atoms with E-state index in [4.69, 9.17) is 9.47 Å². The number of ether oxygens (including phenoxy) is 2. The van der Waals surface area contributed by atoms with Crippen LogP contribution in [-0.4, -0.2) is 83.5 Å². The van der Waals surface area contributed by atoms with Gasteiger partial charge in [0.2, 0.25) is 31.9 Å². The fraction of sp³-hybridized carbons (Fsp3) is 0.278. The molecule has 0 spiro atoms. The topological polar surface area (TPSA) is 186 Å². The highest BCUT2D eigenvalue weighted by atomic mass is 32.2. The fourth-order valence-electron chi connectivity index (χ4n) is 6.19. The number of nitrogens with zero attached hydrogens (tertiary/aromatic N) is 2. The van der Waals surface area contributed by atoms with Crippen LogP contribution >= 0.6 is 0 Å². The summed E-state index contributed by atoms with van der Waals surface area (Å²) >= 11 is 0. The normalized spacial score (nSPS) is 17.0. The van der Waals surface area contributed by atoms with Crippen molar-refractivity contribution >= 4 is 53.1 Å². The standard InChI is InChI=1S/C36H40N4O10S3/c1-25(41)37-31-19-29(15-17-35(31)49-3)52(45,46)39(21-27-11-7-5-8-12-27)33-23-51(43,44)24-34(33)40(22-28-13-9-6-10-14-28)53(47,48)30-16-18-36(50-4)32(20-30)38-26(2)42/h5-20,33-34H,21-24H2,1-4H3,(H,37,41)(H,38,42)/t33-,34-/m1/s1. The molecule has 1 aliphatic heterocycles. The molecule has 0 aromatic heterocycles. The van der Waals surface area contributed by atoms with Crippen molar-refractivity contribution in [1.82, 2.24) is 8.61 Å². The first-order chi connectivity index (χ1) is 25.1. The van der Waals surface area contributed by atoms with Gasteiger partial charge in [-0.25, -0.2) is 25.3 Å². The number of amides is 2. The van der Waals surface area contributed by atoms with Crippen molar-refractivity contribution in [3.63, 3.8) is 0 Å². The number of sulfonamides is 2. The molecule has 4 aromatic rings. The van der Waals surface area contributed by atoms with Crippen molar-refractivity contribution in [3.8, 4) is 11.5 Å². The zero-order valence-electron chi connectivity index (χ0n) is 29.4. The molecule has 0 aliphatic carbocycles. The molecule has 0 unspecified atom stereocenters. The Morgan fingerprint density at radius 2 is 1.00 bits per heavy atom. The summed E-state index contributed by atoms with van der Waals surface area (Å²) in [7, 11) is -10.6. The second-order valence-electron chi connectivity index (χ2n) is 12.4. The van der Waals surface area contributed by atoms with E-state index in [-0.39, 0.29) is 45.8 Å². The first-order valence-electron chi connectivity index (χ1n) is 16.3. The monoisotopic (exact) mass is 784 g/mol. The van der Waals surface area contributed by atoms with E-state index in [1.807, 2.05) is 0 Å². The number of sulfone groups is 1. The minimum absolute atomic E-state index is 0.0686. The second-order valence-corrected chi connectivity index (χ2v) is 18.3. The summed E-state index contributed by atoms with van der Waals surface area (Å²) in [5.74, 6) is -1.95. The number of hydrogen-bond acceptors (Lipinski definition) is 10. The highest BCUT2D eigenvalue weighted by Gasteiger charge is 2.51. The molecule has 53 heavy (non-hydrogen) atoms. The number of anilines is 2. The van der Waals surface area contributed by atoms with E-state index >= 15 is 0 Å². The van der Waals surface area contributed by atoms with E-state index in [1.54, 1.807) is 60.7 Å². The van der Waals surface area contributed by atoms with Crippen LogP contribution in [0.1, 0.15) is 25.0 Å². The number of carbonyl (C=O) groups is 2. The highest BCUT2D eigenvalue weighted by Crippen LogP contribution is 2.37. The molecule has 1 fully saturated rings. The molecule has 1 heterocycles. The van der Waals surface area contributed by atoms with Gasteiger partial charge < -0.3 is 20.1 Å². The van der Waals surface area contributed by atoms with Gasteiger partial charge in [-0.1, -0.05) is 60.7 Å². The van der Waals surface area contributed by atoms with Gasteiger partial charge in [0.1, 0.15) is 11.5 Å². The zero-order chi connectivity index (χ0) is 38.6. The Kier molecular flexibility index (Phi) is 11.9. The second kappa shape index (κ2) is 16.1. The maximum absolute atomic E-state index is 14.8. The summed E-state index contributed by atoms with van der Waals surface area (Å²) in [6.45, 7) is 1.88. The Morgan fingerprint density at radius 3 is 1.32 bits per heavy atom. The van der Waals surface area contributed by atoms with Crippen LogP contribution in [0.3, 0.4) is 0 Å². The highest BCUT2D eigenvalue weighted by molar-refractivity contribution is 7.92. The molecule has 5 rings (SSSR count). The lowest BCUT2D eigenvalue weighted by Crippen LogP contribution is -2.54. The van der Waals surface area contributed by atoms with Gasteiger partial charge in [0.15, 0.2) is 9.84 Å². The molecular weight excluding hydrogens is 745 g/mol. The van der Waals surface area contributed by atoms with E-state index in [0.29, 0.717) is 11.1 Å². The van der Waals surface area contributed by atoms with Crippen molar-refractivity contribution in [3.05, 3.63) is 108 Å². The van der Waals surface area contributed by atoms with Crippen LogP contribution < -0.4 is 20.1 Å². The molecule has 2 atom stereocenters. The maximum Gasteiger partial charge on any atom is 0.243 e. The SMILES string of the molecule is COc1ccc(S(=O)(=O)N(Cc2ccccc2)[C@@H]2CS(=O)(=O)C[C@H]2N(Cc2ccccc2)S(=O)(=O)c2ccc(OC)c(NC(C)=O)c2)cc1NC(C)=O. The van der Waals surface area contributed by atoms with Crippen molar-refractivity contribution in [1.29, 1.82) is 0 Å². The fourth-order valence-corrected chi connectivity index (χ4v) is 11.7. The minimum atomic E-state index is -4.62. The third kappa shape index (κ3) is 9.05. The number of hydrogen-bond donors (Lipinski definition) is 2. The molecule has 282 valence electrons. The van der Waals surface area contributed by atoms with Crippen molar-refractivity contribution < 1.29 is 44.3 Å². The molecule has 2 N–H and O–H groups in total. The van der Waals surface area contributed by atoms with Gasteiger partial charge in [0.05, 0.1) is 59.0 Å². The molecule has 0 bridgehead atoms. The number of rotatable bonds is 14. The summed E-state index contributed by atoms with van der Waals surface area (Å²) in [5, 5.41) is 5.12. The summed E-state index contributed by atoms with van der Waals surface area (Å²) < 4.78 is 99.1. The van der Waals surface area contributed by atoms with Gasteiger partial charge in [-0.3, -0.25) is 9.59 Å². The molecule has 1 saturated heterocycles. The third-order valence-electron chi connectivity index (χ3n) is 8.57. The van der Waals surface area contributed by atoms with Crippen LogP contribution in [0.5, 0.6) is 11.5 Å². The Morgan fingerprint density at radius 1 is 0.642 bits per heavy atom. The quantitative estimate of drug-likeness (QED) is 0.190. The largest absolute Gasteiger partial charge is 0.495 e. The molecule has 0 saturated carbocycles. The van der Waals surface area contributed by atoms with Gasteiger partial charge in [0.25, 0.3) is 0 Å². The smallest absolute Gasteiger partial charge is 0.243 e. The Bertz CT molecular complexity index is 2150. The molecular formula is C36H40N4O10S3. The van der Waals surface area contributed by atoms with Crippen LogP contribution in [-0.2, 0) is 52.6 Å². The zero-order valence-corrected chi connectivity index (χ0v) is 31.9. The lowest BCUT2D eigenvalue weighted by atomic mass is 10.1.